The van der Waals surface area contributed by atoms with E-state index in [4.69, 9.17) is 5.73 Å². The first kappa shape index (κ1) is 10.4. The molecular weight excluding hydrogens is 242 g/mol. The largest absolute Gasteiger partial charge is 0.383 e. The number of anilines is 1. The first-order valence-electron chi connectivity index (χ1n) is 3.66. The highest BCUT2D eigenvalue weighted by atomic mass is 79.9. The normalized spacial score (nSPS) is 10.8. The van der Waals surface area contributed by atoms with Crippen molar-refractivity contribution in [2.45, 2.75) is 18.7 Å². The highest BCUT2D eigenvalue weighted by Crippen LogP contribution is 2.24. The van der Waals surface area contributed by atoms with Gasteiger partial charge in [0.25, 0.3) is 6.43 Å². The van der Waals surface area contributed by atoms with Gasteiger partial charge in [-0.05, 0) is 18.6 Å². The van der Waals surface area contributed by atoms with Crippen LogP contribution in [0.4, 0.5) is 14.6 Å². The van der Waals surface area contributed by atoms with E-state index in [1.165, 1.54) is 0 Å². The molecule has 0 aliphatic carbocycles. The van der Waals surface area contributed by atoms with Crippen molar-refractivity contribution in [2.24, 2.45) is 0 Å². The van der Waals surface area contributed by atoms with Crippen molar-refractivity contribution in [3.05, 3.63) is 22.9 Å². The van der Waals surface area contributed by atoms with Crippen molar-refractivity contribution < 1.29 is 8.78 Å². The first-order chi connectivity index (χ1) is 6.06. The molecule has 0 radical (unpaired) electrons. The lowest BCUT2D eigenvalue weighted by Gasteiger charge is -2.07. The Morgan fingerprint density at radius 1 is 1.62 bits per heavy atom. The smallest absolute Gasteiger partial charge is 0.280 e. The second-order valence-electron chi connectivity index (χ2n) is 2.67. The zero-order valence-corrected chi connectivity index (χ0v) is 8.61. The summed E-state index contributed by atoms with van der Waals surface area (Å²) in [4.78, 5) is 3.64. The molecule has 72 valence electrons. The number of halogens is 3. The highest BCUT2D eigenvalue weighted by Gasteiger charge is 2.14. The fraction of sp³-hybridized carbons (Fsp3) is 0.375. The Bertz CT molecular complexity index is 315. The van der Waals surface area contributed by atoms with Crippen LogP contribution in [0.5, 0.6) is 0 Å². The number of hydrogen-bond donors (Lipinski definition) is 1. The van der Waals surface area contributed by atoms with Crippen LogP contribution in [0.15, 0.2) is 6.07 Å². The number of alkyl halides is 3. The molecule has 1 aromatic heterocycles. The molecule has 13 heavy (non-hydrogen) atoms. The van der Waals surface area contributed by atoms with Crippen molar-refractivity contribution in [1.29, 1.82) is 0 Å². The molecule has 0 atom stereocenters. The summed E-state index contributed by atoms with van der Waals surface area (Å²) in [5.41, 5.74) is 6.44. The predicted molar refractivity (Wildman–Crippen MR) is 51.0 cm³/mol. The third kappa shape index (κ3) is 2.15. The Morgan fingerprint density at radius 2 is 2.23 bits per heavy atom. The standard InChI is InChI=1S/C8H9BrF2N2/c1-4-2-5(3-9)8(12)13-6(4)7(10)11/h2,7H,3H2,1H3,(H2,12,13). The molecule has 0 aliphatic rings. The number of hydrogen-bond acceptors (Lipinski definition) is 2. The van der Waals surface area contributed by atoms with Gasteiger partial charge in [0.2, 0.25) is 0 Å². The minimum Gasteiger partial charge on any atom is -0.383 e. The number of aryl methyl sites for hydroxylation is 1. The van der Waals surface area contributed by atoms with Crippen molar-refractivity contribution in [1.82, 2.24) is 4.98 Å². The number of nitrogens with two attached hydrogens (primary N) is 1. The lowest BCUT2D eigenvalue weighted by molar-refractivity contribution is 0.145. The summed E-state index contributed by atoms with van der Waals surface area (Å²) in [5, 5.41) is 0.524. The zero-order valence-electron chi connectivity index (χ0n) is 7.02. The van der Waals surface area contributed by atoms with Gasteiger partial charge in [0.05, 0.1) is 0 Å². The van der Waals surface area contributed by atoms with Crippen LogP contribution in [0.3, 0.4) is 0 Å². The van der Waals surface area contributed by atoms with Crippen molar-refractivity contribution >= 4 is 21.7 Å². The summed E-state index contributed by atoms with van der Waals surface area (Å²) in [6.45, 7) is 1.60. The molecule has 2 N–H and O–H groups in total. The van der Waals surface area contributed by atoms with Gasteiger partial charge in [0.15, 0.2) is 0 Å². The average Bonchev–Trinajstić information content (AvgIpc) is 2.07. The van der Waals surface area contributed by atoms with E-state index < -0.39 is 6.43 Å². The van der Waals surface area contributed by atoms with Gasteiger partial charge in [-0.3, -0.25) is 0 Å². The van der Waals surface area contributed by atoms with Crippen molar-refractivity contribution in [3.63, 3.8) is 0 Å². The minimum absolute atomic E-state index is 0.165. The summed E-state index contributed by atoms with van der Waals surface area (Å²) in [7, 11) is 0. The van der Waals surface area contributed by atoms with Crippen LogP contribution in [0.25, 0.3) is 0 Å². The molecule has 0 spiro atoms. The monoisotopic (exact) mass is 250 g/mol. The Balaban J connectivity index is 3.20. The van der Waals surface area contributed by atoms with E-state index in [0.717, 1.165) is 5.56 Å². The van der Waals surface area contributed by atoms with E-state index in [9.17, 15) is 8.78 Å². The molecule has 2 nitrogen and oxygen atoms in total. The van der Waals surface area contributed by atoms with E-state index in [1.54, 1.807) is 13.0 Å². The average molecular weight is 251 g/mol. The zero-order chi connectivity index (χ0) is 10.0. The van der Waals surface area contributed by atoms with Gasteiger partial charge in [-0.25, -0.2) is 13.8 Å². The Labute approximate surface area is 83.3 Å². The third-order valence-corrected chi connectivity index (χ3v) is 2.32. The molecule has 0 aliphatic heterocycles. The summed E-state index contributed by atoms with van der Waals surface area (Å²) >= 11 is 3.20. The molecular formula is C8H9BrF2N2. The molecule has 0 aromatic carbocycles. The maximum absolute atomic E-state index is 12.3. The Morgan fingerprint density at radius 3 is 2.69 bits per heavy atom. The van der Waals surface area contributed by atoms with E-state index in [2.05, 4.69) is 20.9 Å². The van der Waals surface area contributed by atoms with Gasteiger partial charge in [0, 0.05) is 10.9 Å². The van der Waals surface area contributed by atoms with E-state index in [1.807, 2.05) is 0 Å². The van der Waals surface area contributed by atoms with Gasteiger partial charge >= 0.3 is 0 Å². The summed E-state index contributed by atoms with van der Waals surface area (Å²) in [5.74, 6) is 0.165. The molecule has 0 bridgehead atoms. The van der Waals surface area contributed by atoms with Crippen LogP contribution in [0.1, 0.15) is 23.2 Å². The van der Waals surface area contributed by atoms with E-state index in [0.29, 0.717) is 10.9 Å². The molecule has 0 fully saturated rings. The second kappa shape index (κ2) is 4.00. The van der Waals surface area contributed by atoms with Crippen LogP contribution >= 0.6 is 15.9 Å². The molecule has 0 amide bonds. The number of pyridine rings is 1. The maximum Gasteiger partial charge on any atom is 0.280 e. The second-order valence-corrected chi connectivity index (χ2v) is 3.23. The predicted octanol–water partition coefficient (Wildman–Crippen LogP) is 2.80. The van der Waals surface area contributed by atoms with Gasteiger partial charge in [-0.15, -0.1) is 0 Å². The topological polar surface area (TPSA) is 38.9 Å². The van der Waals surface area contributed by atoms with E-state index in [-0.39, 0.29) is 11.5 Å². The van der Waals surface area contributed by atoms with Gasteiger partial charge in [-0.2, -0.15) is 0 Å². The summed E-state index contributed by atoms with van der Waals surface area (Å²) < 4.78 is 24.6. The van der Waals surface area contributed by atoms with Crippen LogP contribution in [-0.4, -0.2) is 4.98 Å². The van der Waals surface area contributed by atoms with Crippen LogP contribution in [0.2, 0.25) is 0 Å². The molecule has 0 unspecified atom stereocenters. The van der Waals surface area contributed by atoms with E-state index >= 15 is 0 Å². The van der Waals surface area contributed by atoms with Crippen LogP contribution in [0, 0.1) is 6.92 Å². The SMILES string of the molecule is Cc1cc(CBr)c(N)nc1C(F)F. The minimum atomic E-state index is -2.56. The van der Waals surface area contributed by atoms with Crippen molar-refractivity contribution in [3.8, 4) is 0 Å². The summed E-state index contributed by atoms with van der Waals surface area (Å²) in [6.07, 6.45) is -2.56. The number of nitrogens with zero attached hydrogens (tertiary/aromatic N) is 1. The summed E-state index contributed by atoms with van der Waals surface area (Å²) in [6, 6.07) is 1.62. The van der Waals surface area contributed by atoms with Gasteiger partial charge in [-0.1, -0.05) is 15.9 Å². The van der Waals surface area contributed by atoms with Crippen LogP contribution in [-0.2, 0) is 5.33 Å². The molecule has 0 saturated carbocycles. The quantitative estimate of drug-likeness (QED) is 0.821. The highest BCUT2D eigenvalue weighted by molar-refractivity contribution is 9.08. The fourth-order valence-corrected chi connectivity index (χ4v) is 1.48. The Kier molecular flexibility index (Phi) is 3.19. The number of nitrogen functional groups attached to an aromatic ring is 1. The molecule has 1 heterocycles. The molecule has 1 aromatic rings. The lowest BCUT2D eigenvalue weighted by atomic mass is 10.1. The maximum atomic E-state index is 12.3. The molecule has 0 saturated heterocycles. The van der Waals surface area contributed by atoms with Crippen molar-refractivity contribution in [2.75, 3.05) is 5.73 Å². The number of rotatable bonds is 2. The van der Waals surface area contributed by atoms with Crippen LogP contribution < -0.4 is 5.73 Å². The molecule has 1 rings (SSSR count). The Hall–Kier alpha value is -0.710. The lowest BCUT2D eigenvalue weighted by Crippen LogP contribution is -2.02. The first-order valence-corrected chi connectivity index (χ1v) is 4.78. The van der Waals surface area contributed by atoms with Gasteiger partial charge < -0.3 is 5.73 Å². The molecule has 5 heteroatoms. The third-order valence-electron chi connectivity index (χ3n) is 1.72. The van der Waals surface area contributed by atoms with Gasteiger partial charge in [0.1, 0.15) is 11.5 Å². The fourth-order valence-electron chi connectivity index (χ4n) is 1.03. The number of aromatic nitrogens is 1.